The van der Waals surface area contributed by atoms with Gasteiger partial charge in [0.1, 0.15) is 5.75 Å². The molecule has 6 nitrogen and oxygen atoms in total. The van der Waals surface area contributed by atoms with Crippen LogP contribution in [0.5, 0.6) is 11.5 Å². The van der Waals surface area contributed by atoms with Gasteiger partial charge in [-0.25, -0.2) is 0 Å². The Morgan fingerprint density at radius 3 is 2.67 bits per heavy atom. The Kier molecular flexibility index (Phi) is 3.74. The van der Waals surface area contributed by atoms with Gasteiger partial charge in [0.05, 0.1) is 23.5 Å². The molecule has 0 spiro atoms. The maximum absolute atomic E-state index is 12.7. The van der Waals surface area contributed by atoms with Gasteiger partial charge < -0.3 is 15.7 Å². The van der Waals surface area contributed by atoms with Crippen molar-refractivity contribution >= 4 is 5.84 Å². The Morgan fingerprint density at radius 1 is 1.43 bits per heavy atom. The van der Waals surface area contributed by atoms with Crippen LogP contribution in [0.15, 0.2) is 35.7 Å². The molecule has 1 aromatic carbocycles. The first-order valence-corrected chi connectivity index (χ1v) is 5.67. The van der Waals surface area contributed by atoms with E-state index in [9.17, 15) is 13.2 Å². The van der Waals surface area contributed by atoms with Crippen molar-refractivity contribution in [2.24, 2.45) is 17.9 Å². The lowest BCUT2D eigenvalue weighted by molar-refractivity contribution is -0.137. The standard InChI is InChI=1S/C12H11F3N4O2/c1-19-6-8(5-17-19)21-10-3-2-7(12(13,14)15)4-9(10)11(16)18-20/h2-6,20H,1H3,(H2,16,18). The molecule has 0 atom stereocenters. The van der Waals surface area contributed by atoms with E-state index in [1.54, 1.807) is 7.05 Å². The van der Waals surface area contributed by atoms with Crippen LogP contribution in [0, 0.1) is 0 Å². The smallest absolute Gasteiger partial charge is 0.416 e. The molecule has 0 bridgehead atoms. The van der Waals surface area contributed by atoms with Gasteiger partial charge in [-0.1, -0.05) is 5.16 Å². The fraction of sp³-hybridized carbons (Fsp3) is 0.167. The summed E-state index contributed by atoms with van der Waals surface area (Å²) in [6.07, 6.45) is -1.64. The number of rotatable bonds is 3. The second-order valence-electron chi connectivity index (χ2n) is 4.15. The quantitative estimate of drug-likeness (QED) is 0.394. The molecule has 0 radical (unpaired) electrons. The van der Waals surface area contributed by atoms with Gasteiger partial charge in [0.25, 0.3) is 0 Å². The molecule has 112 valence electrons. The number of nitrogens with two attached hydrogens (primary N) is 1. The largest absolute Gasteiger partial charge is 0.453 e. The summed E-state index contributed by atoms with van der Waals surface area (Å²) in [4.78, 5) is 0. The normalized spacial score (nSPS) is 12.5. The van der Waals surface area contributed by atoms with Crippen LogP contribution in [0.4, 0.5) is 13.2 Å². The highest BCUT2D eigenvalue weighted by Crippen LogP contribution is 2.34. The molecule has 2 aromatic rings. The number of benzene rings is 1. The van der Waals surface area contributed by atoms with Gasteiger partial charge in [-0.15, -0.1) is 0 Å². The van der Waals surface area contributed by atoms with Crippen LogP contribution in [0.3, 0.4) is 0 Å². The van der Waals surface area contributed by atoms with Crippen molar-refractivity contribution in [3.63, 3.8) is 0 Å². The van der Waals surface area contributed by atoms with E-state index in [1.807, 2.05) is 0 Å². The summed E-state index contributed by atoms with van der Waals surface area (Å²) >= 11 is 0. The minimum absolute atomic E-state index is 0.0197. The summed E-state index contributed by atoms with van der Waals surface area (Å²) in [5.74, 6) is -0.157. The van der Waals surface area contributed by atoms with E-state index in [0.717, 1.165) is 18.2 Å². The predicted octanol–water partition coefficient (Wildman–Crippen LogP) is 2.33. The lowest BCUT2D eigenvalue weighted by Crippen LogP contribution is -2.16. The molecule has 21 heavy (non-hydrogen) atoms. The van der Waals surface area contributed by atoms with Crippen LogP contribution in [0.25, 0.3) is 0 Å². The van der Waals surface area contributed by atoms with Crippen LogP contribution in [0.1, 0.15) is 11.1 Å². The number of ether oxygens (including phenoxy) is 1. The van der Waals surface area contributed by atoms with Crippen LogP contribution < -0.4 is 10.5 Å². The summed E-state index contributed by atoms with van der Waals surface area (Å²) < 4.78 is 45.0. The predicted molar refractivity (Wildman–Crippen MR) is 67.2 cm³/mol. The van der Waals surface area contributed by atoms with Gasteiger partial charge in [0.15, 0.2) is 11.6 Å². The average Bonchev–Trinajstić information content (AvgIpc) is 2.82. The molecule has 0 amide bonds. The van der Waals surface area contributed by atoms with Gasteiger partial charge in [0, 0.05) is 7.05 Å². The molecule has 9 heteroatoms. The third-order valence-corrected chi connectivity index (χ3v) is 2.60. The van der Waals surface area contributed by atoms with Crippen molar-refractivity contribution in [2.75, 3.05) is 0 Å². The number of alkyl halides is 3. The second kappa shape index (κ2) is 5.35. The van der Waals surface area contributed by atoms with Gasteiger partial charge in [-0.2, -0.15) is 18.3 Å². The number of hydrogen-bond acceptors (Lipinski definition) is 4. The molecule has 2 rings (SSSR count). The maximum atomic E-state index is 12.7. The van der Waals surface area contributed by atoms with Gasteiger partial charge in [0.2, 0.25) is 0 Å². The molecule has 1 aromatic heterocycles. The Bertz CT molecular complexity index is 679. The summed E-state index contributed by atoms with van der Waals surface area (Å²) in [7, 11) is 1.66. The summed E-state index contributed by atoms with van der Waals surface area (Å²) in [6, 6.07) is 2.70. The third-order valence-electron chi connectivity index (χ3n) is 2.60. The Morgan fingerprint density at radius 2 is 2.14 bits per heavy atom. The van der Waals surface area contributed by atoms with Crippen LogP contribution in [-0.2, 0) is 13.2 Å². The Balaban J connectivity index is 2.45. The minimum Gasteiger partial charge on any atom is -0.453 e. The van der Waals surface area contributed by atoms with Gasteiger partial charge in [-0.3, -0.25) is 4.68 Å². The topological polar surface area (TPSA) is 85.7 Å². The molecule has 0 saturated heterocycles. The highest BCUT2D eigenvalue weighted by molar-refractivity contribution is 5.99. The number of nitrogens with zero attached hydrogens (tertiary/aromatic N) is 3. The lowest BCUT2D eigenvalue weighted by atomic mass is 10.1. The molecule has 0 aliphatic rings. The fourth-order valence-electron chi connectivity index (χ4n) is 1.63. The molecule has 0 aliphatic carbocycles. The van der Waals surface area contributed by atoms with Crippen molar-refractivity contribution in [3.8, 4) is 11.5 Å². The number of hydrogen-bond donors (Lipinski definition) is 2. The van der Waals surface area contributed by atoms with Crippen molar-refractivity contribution in [1.29, 1.82) is 0 Å². The highest BCUT2D eigenvalue weighted by Gasteiger charge is 2.31. The van der Waals surface area contributed by atoms with Crippen LogP contribution in [0.2, 0.25) is 0 Å². The summed E-state index contributed by atoms with van der Waals surface area (Å²) in [5.41, 5.74) is 4.30. The number of halogens is 3. The molecule has 0 aliphatic heterocycles. The Labute approximate surface area is 117 Å². The Hall–Kier alpha value is -2.71. The first-order valence-electron chi connectivity index (χ1n) is 5.67. The molecule has 0 fully saturated rings. The van der Waals surface area contributed by atoms with Crippen molar-refractivity contribution in [1.82, 2.24) is 9.78 Å². The van der Waals surface area contributed by atoms with Crippen LogP contribution in [-0.4, -0.2) is 20.8 Å². The lowest BCUT2D eigenvalue weighted by Gasteiger charge is -2.12. The number of amidine groups is 1. The molecule has 1 heterocycles. The maximum Gasteiger partial charge on any atom is 0.416 e. The van der Waals surface area contributed by atoms with Crippen molar-refractivity contribution < 1.29 is 23.1 Å². The van der Waals surface area contributed by atoms with E-state index >= 15 is 0 Å². The minimum atomic E-state index is -4.54. The number of aromatic nitrogens is 2. The second-order valence-corrected chi connectivity index (χ2v) is 4.15. The molecular formula is C12H11F3N4O2. The zero-order chi connectivity index (χ0) is 15.6. The summed E-state index contributed by atoms with van der Waals surface area (Å²) in [6.45, 7) is 0. The molecule has 0 saturated carbocycles. The van der Waals surface area contributed by atoms with Crippen molar-refractivity contribution in [3.05, 3.63) is 41.7 Å². The van der Waals surface area contributed by atoms with Crippen LogP contribution >= 0.6 is 0 Å². The van der Waals surface area contributed by atoms with E-state index in [0.29, 0.717) is 5.75 Å². The number of aryl methyl sites for hydroxylation is 1. The zero-order valence-electron chi connectivity index (χ0n) is 10.8. The van der Waals surface area contributed by atoms with E-state index < -0.39 is 17.6 Å². The van der Waals surface area contributed by atoms with E-state index in [-0.39, 0.29) is 11.3 Å². The first kappa shape index (κ1) is 14.7. The van der Waals surface area contributed by atoms with E-state index in [1.165, 1.54) is 17.1 Å². The van der Waals surface area contributed by atoms with Crippen molar-refractivity contribution in [2.45, 2.75) is 6.18 Å². The fourth-order valence-corrected chi connectivity index (χ4v) is 1.63. The molecule has 0 unspecified atom stereocenters. The van der Waals surface area contributed by atoms with E-state index in [2.05, 4.69) is 10.3 Å². The van der Waals surface area contributed by atoms with Gasteiger partial charge >= 0.3 is 6.18 Å². The summed E-state index contributed by atoms with van der Waals surface area (Å²) in [5, 5.41) is 15.3. The SMILES string of the molecule is Cn1cc(Oc2ccc(C(F)(F)F)cc2/C(N)=N/O)cn1. The highest BCUT2D eigenvalue weighted by atomic mass is 19.4. The van der Waals surface area contributed by atoms with Gasteiger partial charge in [-0.05, 0) is 18.2 Å². The molecular weight excluding hydrogens is 289 g/mol. The monoisotopic (exact) mass is 300 g/mol. The average molecular weight is 300 g/mol. The molecule has 3 N–H and O–H groups in total. The van der Waals surface area contributed by atoms with E-state index in [4.69, 9.17) is 15.7 Å². The first-order chi connectivity index (χ1) is 9.81. The zero-order valence-corrected chi connectivity index (χ0v) is 10.8. The number of oxime groups is 1. The third kappa shape index (κ3) is 3.25.